The molecule has 2 N–H and O–H groups in total. The van der Waals surface area contributed by atoms with Gasteiger partial charge in [0.2, 0.25) is 0 Å². The van der Waals surface area contributed by atoms with E-state index >= 15 is 0 Å². The molecule has 1 aliphatic rings. The van der Waals surface area contributed by atoms with E-state index in [1.54, 1.807) is 0 Å². The fourth-order valence-electron chi connectivity index (χ4n) is 1.61. The number of aromatic nitrogens is 1. The quantitative estimate of drug-likeness (QED) is 0.712. The van der Waals surface area contributed by atoms with Crippen LogP contribution in [0, 0.1) is 6.92 Å². The molecule has 1 aliphatic heterocycles. The molecule has 1 saturated heterocycles. The van der Waals surface area contributed by atoms with Crippen LogP contribution >= 0.6 is 0 Å². The van der Waals surface area contributed by atoms with E-state index in [1.807, 2.05) is 12.3 Å². The van der Waals surface area contributed by atoms with E-state index in [0.717, 1.165) is 18.9 Å². The first kappa shape index (κ1) is 8.51. The number of nitrogens with zero attached hydrogens (tertiary/aromatic N) is 1. The molecule has 13 heavy (non-hydrogen) atoms. The van der Waals surface area contributed by atoms with Crippen LogP contribution < -0.4 is 10.6 Å². The molecule has 0 spiro atoms. The molecule has 3 heteroatoms. The van der Waals surface area contributed by atoms with Gasteiger partial charge in [-0.05, 0) is 31.5 Å². The van der Waals surface area contributed by atoms with Crippen molar-refractivity contribution < 1.29 is 0 Å². The summed E-state index contributed by atoms with van der Waals surface area (Å²) < 4.78 is 0. The Morgan fingerprint density at radius 3 is 3.23 bits per heavy atom. The second-order valence-electron chi connectivity index (χ2n) is 3.50. The van der Waals surface area contributed by atoms with Crippen molar-refractivity contribution in [3.8, 4) is 0 Å². The highest BCUT2D eigenvalue weighted by Crippen LogP contribution is 2.12. The van der Waals surface area contributed by atoms with Crippen LogP contribution in [0.5, 0.6) is 0 Å². The number of aryl methyl sites for hydroxylation is 1. The van der Waals surface area contributed by atoms with Gasteiger partial charge in [0, 0.05) is 18.8 Å². The smallest absolute Gasteiger partial charge is 0.129 e. The third-order valence-corrected chi connectivity index (χ3v) is 2.41. The topological polar surface area (TPSA) is 37.0 Å². The van der Waals surface area contributed by atoms with E-state index in [2.05, 4.69) is 28.6 Å². The number of nitrogens with one attached hydrogen (secondary N) is 2. The Kier molecular flexibility index (Phi) is 2.45. The van der Waals surface area contributed by atoms with Gasteiger partial charge >= 0.3 is 0 Å². The largest absolute Gasteiger partial charge is 0.366 e. The highest BCUT2D eigenvalue weighted by Gasteiger charge is 2.14. The average Bonchev–Trinajstić information content (AvgIpc) is 2.61. The fraction of sp³-hybridized carbons (Fsp3) is 0.500. The zero-order valence-corrected chi connectivity index (χ0v) is 7.88. The molecule has 1 aromatic heterocycles. The molecule has 0 radical (unpaired) electrons. The Bertz CT molecular complexity index is 279. The minimum absolute atomic E-state index is 0.550. The van der Waals surface area contributed by atoms with Gasteiger partial charge in [-0.2, -0.15) is 0 Å². The van der Waals surface area contributed by atoms with Crippen LogP contribution in [0.3, 0.4) is 0 Å². The predicted octanol–water partition coefficient (Wildman–Crippen LogP) is 1.16. The Hall–Kier alpha value is -1.09. The van der Waals surface area contributed by atoms with Crippen molar-refractivity contribution in [2.75, 3.05) is 18.4 Å². The molecule has 1 unspecified atom stereocenters. The van der Waals surface area contributed by atoms with Crippen LogP contribution in [0.4, 0.5) is 5.82 Å². The van der Waals surface area contributed by atoms with E-state index in [0.29, 0.717) is 6.04 Å². The fourth-order valence-corrected chi connectivity index (χ4v) is 1.61. The number of pyridine rings is 1. The van der Waals surface area contributed by atoms with Gasteiger partial charge in [0.25, 0.3) is 0 Å². The molecule has 70 valence electrons. The highest BCUT2D eigenvalue weighted by atomic mass is 15.1. The minimum atomic E-state index is 0.550. The zero-order valence-electron chi connectivity index (χ0n) is 7.88. The Morgan fingerprint density at radius 2 is 2.54 bits per heavy atom. The Labute approximate surface area is 78.6 Å². The number of rotatable bonds is 2. The van der Waals surface area contributed by atoms with Crippen LogP contribution in [-0.2, 0) is 0 Å². The summed E-state index contributed by atoms with van der Waals surface area (Å²) >= 11 is 0. The van der Waals surface area contributed by atoms with Crippen LogP contribution in [0.25, 0.3) is 0 Å². The second kappa shape index (κ2) is 3.75. The van der Waals surface area contributed by atoms with E-state index in [4.69, 9.17) is 0 Å². The molecule has 0 aromatic carbocycles. The van der Waals surface area contributed by atoms with Crippen LogP contribution in [0.1, 0.15) is 12.0 Å². The molecule has 2 rings (SSSR count). The molecular weight excluding hydrogens is 162 g/mol. The third-order valence-electron chi connectivity index (χ3n) is 2.41. The summed E-state index contributed by atoms with van der Waals surface area (Å²) in [7, 11) is 0. The number of hydrogen-bond acceptors (Lipinski definition) is 3. The van der Waals surface area contributed by atoms with Crippen molar-refractivity contribution in [2.24, 2.45) is 0 Å². The first-order chi connectivity index (χ1) is 6.36. The Balaban J connectivity index is 2.04. The maximum atomic E-state index is 4.30. The first-order valence-electron chi connectivity index (χ1n) is 4.75. The van der Waals surface area contributed by atoms with Crippen molar-refractivity contribution in [1.29, 1.82) is 0 Å². The van der Waals surface area contributed by atoms with Crippen LogP contribution in [-0.4, -0.2) is 24.1 Å². The molecular formula is C10H15N3. The van der Waals surface area contributed by atoms with Gasteiger partial charge in [-0.15, -0.1) is 0 Å². The average molecular weight is 177 g/mol. The normalized spacial score (nSPS) is 21.8. The second-order valence-corrected chi connectivity index (χ2v) is 3.50. The third kappa shape index (κ3) is 1.98. The molecule has 0 saturated carbocycles. The van der Waals surface area contributed by atoms with Crippen molar-refractivity contribution in [3.05, 3.63) is 23.9 Å². The summed E-state index contributed by atoms with van der Waals surface area (Å²) in [5.41, 5.74) is 1.22. The summed E-state index contributed by atoms with van der Waals surface area (Å²) in [4.78, 5) is 4.30. The summed E-state index contributed by atoms with van der Waals surface area (Å²) in [6.45, 7) is 4.25. The van der Waals surface area contributed by atoms with Crippen LogP contribution in [0.2, 0.25) is 0 Å². The SMILES string of the molecule is Cc1cccnc1NC1CCNC1. The molecule has 1 fully saturated rings. The van der Waals surface area contributed by atoms with Crippen LogP contribution in [0.15, 0.2) is 18.3 Å². The lowest BCUT2D eigenvalue weighted by Crippen LogP contribution is -2.23. The van der Waals surface area contributed by atoms with E-state index in [9.17, 15) is 0 Å². The van der Waals surface area contributed by atoms with Gasteiger partial charge in [-0.3, -0.25) is 0 Å². The molecule has 2 heterocycles. The van der Waals surface area contributed by atoms with E-state index in [1.165, 1.54) is 12.0 Å². The van der Waals surface area contributed by atoms with Gasteiger partial charge in [0.05, 0.1) is 0 Å². The lowest BCUT2D eigenvalue weighted by molar-refractivity contribution is 0.786. The highest BCUT2D eigenvalue weighted by molar-refractivity contribution is 5.43. The summed E-state index contributed by atoms with van der Waals surface area (Å²) in [5, 5.41) is 6.76. The van der Waals surface area contributed by atoms with Crippen molar-refractivity contribution in [1.82, 2.24) is 10.3 Å². The maximum Gasteiger partial charge on any atom is 0.129 e. The maximum absolute atomic E-state index is 4.30. The van der Waals surface area contributed by atoms with Crippen molar-refractivity contribution in [2.45, 2.75) is 19.4 Å². The van der Waals surface area contributed by atoms with Crippen molar-refractivity contribution in [3.63, 3.8) is 0 Å². The standard InChI is InChI=1S/C10H15N3/c1-8-3-2-5-12-10(8)13-9-4-6-11-7-9/h2-3,5,9,11H,4,6-7H2,1H3,(H,12,13). The molecule has 1 atom stereocenters. The lowest BCUT2D eigenvalue weighted by atomic mass is 10.2. The van der Waals surface area contributed by atoms with Crippen molar-refractivity contribution >= 4 is 5.82 Å². The van der Waals surface area contributed by atoms with Gasteiger partial charge < -0.3 is 10.6 Å². The monoisotopic (exact) mass is 177 g/mol. The summed E-state index contributed by atoms with van der Waals surface area (Å²) in [5.74, 6) is 1.02. The first-order valence-corrected chi connectivity index (χ1v) is 4.75. The Morgan fingerprint density at radius 1 is 1.62 bits per heavy atom. The van der Waals surface area contributed by atoms with Gasteiger partial charge in [-0.25, -0.2) is 4.98 Å². The predicted molar refractivity (Wildman–Crippen MR) is 53.9 cm³/mol. The molecule has 3 nitrogen and oxygen atoms in total. The van der Waals surface area contributed by atoms with Gasteiger partial charge in [-0.1, -0.05) is 6.07 Å². The molecule has 1 aromatic rings. The summed E-state index contributed by atoms with van der Waals surface area (Å²) in [6, 6.07) is 4.60. The molecule has 0 amide bonds. The van der Waals surface area contributed by atoms with E-state index in [-0.39, 0.29) is 0 Å². The zero-order chi connectivity index (χ0) is 9.10. The van der Waals surface area contributed by atoms with Gasteiger partial charge in [0.15, 0.2) is 0 Å². The lowest BCUT2D eigenvalue weighted by Gasteiger charge is -2.13. The summed E-state index contributed by atoms with van der Waals surface area (Å²) in [6.07, 6.45) is 3.02. The molecule has 0 aliphatic carbocycles. The minimum Gasteiger partial charge on any atom is -0.366 e. The number of anilines is 1. The van der Waals surface area contributed by atoms with Gasteiger partial charge in [0.1, 0.15) is 5.82 Å². The number of hydrogen-bond donors (Lipinski definition) is 2. The van der Waals surface area contributed by atoms with E-state index < -0.39 is 0 Å². The molecule has 0 bridgehead atoms.